The Labute approximate surface area is 197 Å². The molecule has 8 aromatic rings. The molecule has 0 aliphatic heterocycles. The van der Waals surface area contributed by atoms with Crippen LogP contribution in [-0.4, -0.2) is 0 Å². The van der Waals surface area contributed by atoms with Crippen LogP contribution in [-0.2, 0) is 0 Å². The van der Waals surface area contributed by atoms with Crippen molar-refractivity contribution in [3.63, 3.8) is 0 Å². The van der Waals surface area contributed by atoms with Gasteiger partial charge in [0.05, 0.1) is 0 Å². The Kier molecular flexibility index (Phi) is 3.48. The van der Waals surface area contributed by atoms with Crippen LogP contribution in [0.15, 0.2) is 115 Å². The van der Waals surface area contributed by atoms with Gasteiger partial charge < -0.3 is 0 Å². The van der Waals surface area contributed by atoms with Gasteiger partial charge in [0, 0.05) is 0 Å². The number of hydrogen-bond acceptors (Lipinski definition) is 0. The number of hydrogen-bond donors (Lipinski definition) is 0. The monoisotopic (exact) mass is 427 g/mol. The van der Waals surface area contributed by atoms with Crippen molar-refractivity contribution in [2.75, 3.05) is 0 Å². The van der Waals surface area contributed by atoms with Crippen molar-refractivity contribution in [1.82, 2.24) is 0 Å². The molecule has 0 bridgehead atoms. The van der Waals surface area contributed by atoms with Gasteiger partial charge in [-0.25, -0.2) is 0 Å². The molecule has 0 saturated heterocycles. The van der Waals surface area contributed by atoms with Crippen molar-refractivity contribution in [3.8, 4) is 11.1 Å². The second-order valence-electron chi connectivity index (χ2n) is 9.22. The minimum absolute atomic E-state index is 1.15. The summed E-state index contributed by atoms with van der Waals surface area (Å²) in [5, 5.41) is 15.5. The van der Waals surface area contributed by atoms with Gasteiger partial charge in [0.2, 0.25) is 0 Å². The lowest BCUT2D eigenvalue weighted by atomic mass is 9.87. The van der Waals surface area contributed by atoms with Crippen LogP contribution in [0.4, 0.5) is 0 Å². The molecule has 0 spiro atoms. The summed E-state index contributed by atoms with van der Waals surface area (Å²) in [5.74, 6) is 0. The van der Waals surface area contributed by atoms with Crippen molar-refractivity contribution in [1.29, 1.82) is 0 Å². The third-order valence-electron chi connectivity index (χ3n) is 7.44. The minimum atomic E-state index is 1.15. The third-order valence-corrected chi connectivity index (χ3v) is 7.44. The maximum Gasteiger partial charge on any atom is -0.00134 e. The molecule has 155 valence electrons. The van der Waals surface area contributed by atoms with Gasteiger partial charge in [-0.3, -0.25) is 0 Å². The van der Waals surface area contributed by atoms with Crippen LogP contribution < -0.4 is 0 Å². The lowest BCUT2D eigenvalue weighted by Gasteiger charge is -2.16. The summed E-state index contributed by atoms with van der Waals surface area (Å²) in [5.41, 5.74) is 2.39. The zero-order chi connectivity index (χ0) is 22.2. The first-order valence-electron chi connectivity index (χ1n) is 11.8. The van der Waals surface area contributed by atoms with E-state index < -0.39 is 0 Å². The van der Waals surface area contributed by atoms with E-state index in [0.717, 1.165) is 5.56 Å². The van der Waals surface area contributed by atoms with Crippen molar-refractivity contribution in [2.45, 2.75) is 0 Å². The second-order valence-corrected chi connectivity index (χ2v) is 9.22. The molecule has 0 amide bonds. The van der Waals surface area contributed by atoms with Gasteiger partial charge in [-0.15, -0.1) is 0 Å². The van der Waals surface area contributed by atoms with E-state index in [2.05, 4.69) is 121 Å². The van der Waals surface area contributed by atoms with Crippen LogP contribution in [0.2, 0.25) is 0 Å². The second kappa shape index (κ2) is 6.56. The highest BCUT2D eigenvalue weighted by Crippen LogP contribution is 2.42. The normalized spacial score (nSPS) is 12.1. The average molecular weight is 428 g/mol. The summed E-state index contributed by atoms with van der Waals surface area (Å²) in [6.07, 6.45) is 0. The molecule has 0 fully saturated rings. The number of benzene rings is 8. The average Bonchev–Trinajstić information content (AvgIpc) is 2.91. The molecule has 0 heterocycles. The van der Waals surface area contributed by atoms with E-state index in [0.29, 0.717) is 0 Å². The first-order valence-corrected chi connectivity index (χ1v) is 11.8. The van der Waals surface area contributed by atoms with Crippen molar-refractivity contribution >= 4 is 64.6 Å². The van der Waals surface area contributed by atoms with Gasteiger partial charge in [-0.2, -0.15) is 0 Å². The Morgan fingerprint density at radius 1 is 0.382 bits per heavy atom. The first kappa shape index (κ1) is 18.1. The van der Waals surface area contributed by atoms with Crippen LogP contribution in [0.1, 0.15) is 0 Å². The van der Waals surface area contributed by atoms with Gasteiger partial charge in [-0.1, -0.05) is 109 Å². The van der Waals surface area contributed by atoms with Gasteiger partial charge in [0.15, 0.2) is 0 Å². The lowest BCUT2D eigenvalue weighted by Crippen LogP contribution is -1.89. The van der Waals surface area contributed by atoms with Gasteiger partial charge in [0.1, 0.15) is 0 Å². The molecular formula is C34H19. The highest BCUT2D eigenvalue weighted by molar-refractivity contribution is 6.29. The standard InChI is InChI=1S/C34H19/c1-2-10-29-27(9-1)28-11-3-4-12-30(28)34-26(13-6-14-31(29)34)25-19-23-17-15-21-7-5-8-22-16-18-24(20-25)33(23)32(21)22/h1-19H. The number of fused-ring (bicyclic) bond motifs is 6. The minimum Gasteiger partial charge on any atom is -0.0616 e. The molecule has 0 aliphatic rings. The molecule has 0 unspecified atom stereocenters. The van der Waals surface area contributed by atoms with Crippen LogP contribution in [0.25, 0.3) is 75.8 Å². The Balaban J connectivity index is 1.55. The molecule has 0 heteroatoms. The quantitative estimate of drug-likeness (QED) is 0.229. The third kappa shape index (κ3) is 2.32. The fourth-order valence-corrected chi connectivity index (χ4v) is 6.00. The van der Waals surface area contributed by atoms with E-state index >= 15 is 0 Å². The van der Waals surface area contributed by atoms with E-state index in [9.17, 15) is 0 Å². The van der Waals surface area contributed by atoms with Crippen LogP contribution >= 0.6 is 0 Å². The molecule has 8 aromatic carbocycles. The fourth-order valence-electron chi connectivity index (χ4n) is 6.00. The number of rotatable bonds is 1. The molecule has 34 heavy (non-hydrogen) atoms. The van der Waals surface area contributed by atoms with E-state index in [1.54, 1.807) is 0 Å². The molecule has 0 aromatic heterocycles. The Bertz CT molecular complexity index is 1950. The SMILES string of the molecule is [c]1c(-c2cccc3c4ccccc4c4ccccc4c23)cc2ccc3cccc4ccc1c2c43. The smallest absolute Gasteiger partial charge is 0.00134 e. The summed E-state index contributed by atoms with van der Waals surface area (Å²) < 4.78 is 0. The summed E-state index contributed by atoms with van der Waals surface area (Å²) >= 11 is 0. The van der Waals surface area contributed by atoms with E-state index in [-0.39, 0.29) is 0 Å². The van der Waals surface area contributed by atoms with Crippen LogP contribution in [0.5, 0.6) is 0 Å². The zero-order valence-electron chi connectivity index (χ0n) is 18.5. The lowest BCUT2D eigenvalue weighted by molar-refractivity contribution is 1.71. The van der Waals surface area contributed by atoms with E-state index in [1.165, 1.54) is 70.2 Å². The molecule has 0 nitrogen and oxygen atoms in total. The maximum absolute atomic E-state index is 3.81. The summed E-state index contributed by atoms with van der Waals surface area (Å²) in [7, 11) is 0. The van der Waals surface area contributed by atoms with Crippen molar-refractivity contribution in [3.05, 3.63) is 121 Å². The first-order chi connectivity index (χ1) is 16.9. The summed E-state index contributed by atoms with van der Waals surface area (Å²) in [6, 6.07) is 45.9. The molecule has 0 atom stereocenters. The predicted molar refractivity (Wildman–Crippen MR) is 147 cm³/mol. The fraction of sp³-hybridized carbons (Fsp3) is 0. The summed E-state index contributed by atoms with van der Waals surface area (Å²) in [4.78, 5) is 0. The maximum atomic E-state index is 3.81. The van der Waals surface area contributed by atoms with Gasteiger partial charge >= 0.3 is 0 Å². The molecule has 1 radical (unpaired) electrons. The van der Waals surface area contributed by atoms with Crippen LogP contribution in [0, 0.1) is 6.07 Å². The predicted octanol–water partition coefficient (Wildman–Crippen LogP) is 9.51. The Morgan fingerprint density at radius 2 is 0.941 bits per heavy atom. The molecule has 8 rings (SSSR count). The van der Waals surface area contributed by atoms with Gasteiger partial charge in [-0.05, 0) is 87.9 Å². The molecule has 0 aliphatic carbocycles. The van der Waals surface area contributed by atoms with Gasteiger partial charge in [0.25, 0.3) is 0 Å². The van der Waals surface area contributed by atoms with E-state index in [1.807, 2.05) is 0 Å². The van der Waals surface area contributed by atoms with E-state index in [4.69, 9.17) is 0 Å². The highest BCUT2D eigenvalue weighted by atomic mass is 14.2. The van der Waals surface area contributed by atoms with Crippen molar-refractivity contribution in [2.24, 2.45) is 0 Å². The van der Waals surface area contributed by atoms with Crippen LogP contribution in [0.3, 0.4) is 0 Å². The largest absolute Gasteiger partial charge is 0.0616 e. The highest BCUT2D eigenvalue weighted by Gasteiger charge is 2.15. The molecular weight excluding hydrogens is 408 g/mol. The molecule has 0 N–H and O–H groups in total. The molecule has 0 saturated carbocycles. The zero-order valence-corrected chi connectivity index (χ0v) is 18.5. The Morgan fingerprint density at radius 3 is 1.68 bits per heavy atom. The topological polar surface area (TPSA) is 0 Å². The summed E-state index contributed by atoms with van der Waals surface area (Å²) in [6.45, 7) is 0. The Hall–Kier alpha value is -4.42. The van der Waals surface area contributed by atoms with Crippen molar-refractivity contribution < 1.29 is 0 Å².